The molecule has 0 radical (unpaired) electrons. The molecule has 0 aliphatic heterocycles. The van der Waals surface area contributed by atoms with Crippen LogP contribution in [0.25, 0.3) is 5.65 Å². The molecule has 0 amide bonds. The third-order valence-corrected chi connectivity index (χ3v) is 3.80. The minimum atomic E-state index is 0.582. The average molecular weight is 396 g/mol. The summed E-state index contributed by atoms with van der Waals surface area (Å²) >= 11 is 3.47. The van der Waals surface area contributed by atoms with Crippen molar-refractivity contribution < 1.29 is 4.74 Å². The molecule has 24 heavy (non-hydrogen) atoms. The Bertz CT molecular complexity index is 668. The number of nitrogens with one attached hydrogen (secondary N) is 2. The average Bonchev–Trinajstić information content (AvgIpc) is 2.95. The van der Waals surface area contributed by atoms with Crippen LogP contribution in [0.3, 0.4) is 0 Å². The highest BCUT2D eigenvalue weighted by atomic mass is 79.9. The third-order valence-electron chi connectivity index (χ3n) is 3.33. The lowest BCUT2D eigenvalue weighted by Crippen LogP contribution is -2.37. The van der Waals surface area contributed by atoms with Crippen LogP contribution in [-0.4, -0.2) is 42.2 Å². The summed E-state index contributed by atoms with van der Waals surface area (Å²) in [4.78, 5) is 8.80. The van der Waals surface area contributed by atoms with Crippen molar-refractivity contribution in [3.8, 4) is 0 Å². The van der Waals surface area contributed by atoms with Crippen molar-refractivity contribution in [3.05, 3.63) is 34.7 Å². The zero-order valence-corrected chi connectivity index (χ0v) is 16.1. The van der Waals surface area contributed by atoms with E-state index in [1.807, 2.05) is 28.9 Å². The number of imidazole rings is 1. The van der Waals surface area contributed by atoms with Crippen molar-refractivity contribution >= 4 is 27.5 Å². The zero-order chi connectivity index (χ0) is 17.4. The van der Waals surface area contributed by atoms with Gasteiger partial charge in [0.2, 0.25) is 0 Å². The first-order valence-corrected chi connectivity index (χ1v) is 9.03. The van der Waals surface area contributed by atoms with Gasteiger partial charge in [0.15, 0.2) is 5.96 Å². The Morgan fingerprint density at radius 3 is 2.92 bits per heavy atom. The number of guanidine groups is 1. The summed E-state index contributed by atoms with van der Waals surface area (Å²) in [5.74, 6) is 1.36. The van der Waals surface area contributed by atoms with Crippen molar-refractivity contribution in [2.75, 3.05) is 26.8 Å². The second-order valence-corrected chi connectivity index (χ2v) is 6.94. The van der Waals surface area contributed by atoms with Crippen molar-refractivity contribution in [2.24, 2.45) is 10.9 Å². The highest BCUT2D eigenvalue weighted by molar-refractivity contribution is 9.10. The first kappa shape index (κ1) is 18.7. The van der Waals surface area contributed by atoms with E-state index in [0.29, 0.717) is 12.5 Å². The van der Waals surface area contributed by atoms with Gasteiger partial charge in [-0.05, 0) is 40.4 Å². The van der Waals surface area contributed by atoms with E-state index in [9.17, 15) is 0 Å². The van der Waals surface area contributed by atoms with Crippen LogP contribution in [0.15, 0.2) is 34.0 Å². The summed E-state index contributed by atoms with van der Waals surface area (Å²) < 4.78 is 8.60. The molecule has 0 unspecified atom stereocenters. The number of nitrogens with zero attached hydrogens (tertiary/aromatic N) is 3. The molecule has 0 aliphatic rings. The molecule has 132 valence electrons. The van der Waals surface area contributed by atoms with Crippen LogP contribution in [0.1, 0.15) is 26.0 Å². The third kappa shape index (κ3) is 6.13. The van der Waals surface area contributed by atoms with Gasteiger partial charge in [0.1, 0.15) is 5.65 Å². The Morgan fingerprint density at radius 1 is 1.33 bits per heavy atom. The summed E-state index contributed by atoms with van der Waals surface area (Å²) in [6.45, 7) is 7.35. The number of aromatic nitrogens is 2. The van der Waals surface area contributed by atoms with E-state index in [-0.39, 0.29) is 0 Å². The van der Waals surface area contributed by atoms with Crippen LogP contribution < -0.4 is 10.6 Å². The molecular formula is C17H26BrN5O. The lowest BCUT2D eigenvalue weighted by Gasteiger charge is -2.11. The van der Waals surface area contributed by atoms with E-state index in [4.69, 9.17) is 4.74 Å². The Hall–Kier alpha value is -1.60. The van der Waals surface area contributed by atoms with Crippen LogP contribution in [0.2, 0.25) is 0 Å². The van der Waals surface area contributed by atoms with Crippen LogP contribution in [0, 0.1) is 5.92 Å². The maximum absolute atomic E-state index is 5.57. The molecule has 0 atom stereocenters. The second-order valence-electron chi connectivity index (χ2n) is 6.02. The van der Waals surface area contributed by atoms with Gasteiger partial charge >= 0.3 is 0 Å². The fourth-order valence-electron chi connectivity index (χ4n) is 2.20. The topological polar surface area (TPSA) is 63.0 Å². The van der Waals surface area contributed by atoms with Gasteiger partial charge in [-0.3, -0.25) is 4.99 Å². The summed E-state index contributed by atoms with van der Waals surface area (Å²) in [6.07, 6.45) is 4.96. The minimum Gasteiger partial charge on any atom is -0.381 e. The normalized spacial score (nSPS) is 12.1. The molecule has 2 N–H and O–H groups in total. The molecule has 0 aromatic carbocycles. The molecule has 2 aromatic rings. The molecule has 2 aromatic heterocycles. The van der Waals surface area contributed by atoms with Gasteiger partial charge in [0.05, 0.1) is 12.2 Å². The number of aliphatic imine (C=N–C) groups is 1. The van der Waals surface area contributed by atoms with Crippen molar-refractivity contribution in [2.45, 2.75) is 26.8 Å². The fourth-order valence-corrected chi connectivity index (χ4v) is 2.55. The van der Waals surface area contributed by atoms with E-state index in [1.165, 1.54) is 0 Å². The van der Waals surface area contributed by atoms with E-state index in [1.54, 1.807) is 7.05 Å². The summed E-state index contributed by atoms with van der Waals surface area (Å²) in [5, 5.41) is 6.57. The monoisotopic (exact) mass is 395 g/mol. The molecule has 2 heterocycles. The molecule has 0 bridgehead atoms. The standard InChI is InChI=1S/C17H26BrN5O/c1-13(2)12-24-8-4-7-20-17(19-3)21-9-15-11-23-10-14(18)5-6-16(23)22-15/h5-6,10-11,13H,4,7-9,12H2,1-3H3,(H2,19,20,21). The summed E-state index contributed by atoms with van der Waals surface area (Å²) in [5.41, 5.74) is 1.90. The Kier molecular flexibility index (Phi) is 7.52. The molecule has 0 aliphatic carbocycles. The molecule has 0 spiro atoms. The molecule has 2 rings (SSSR count). The Morgan fingerprint density at radius 2 is 2.17 bits per heavy atom. The first-order chi connectivity index (χ1) is 11.6. The minimum absolute atomic E-state index is 0.582. The maximum atomic E-state index is 5.57. The number of ether oxygens (including phenoxy) is 1. The highest BCUT2D eigenvalue weighted by Gasteiger charge is 2.03. The number of halogens is 1. The number of rotatable bonds is 8. The predicted molar refractivity (Wildman–Crippen MR) is 101 cm³/mol. The van der Waals surface area contributed by atoms with Crippen molar-refractivity contribution in [3.63, 3.8) is 0 Å². The van der Waals surface area contributed by atoms with Gasteiger partial charge in [0.25, 0.3) is 0 Å². The van der Waals surface area contributed by atoms with Gasteiger partial charge in [-0.15, -0.1) is 0 Å². The van der Waals surface area contributed by atoms with E-state index in [2.05, 4.69) is 50.4 Å². The van der Waals surface area contributed by atoms with E-state index >= 15 is 0 Å². The van der Waals surface area contributed by atoms with Crippen LogP contribution in [0.5, 0.6) is 0 Å². The SMILES string of the molecule is CN=C(NCCCOCC(C)C)NCc1cn2cc(Br)ccc2n1. The fraction of sp³-hybridized carbons (Fsp3) is 0.529. The van der Waals surface area contributed by atoms with Crippen LogP contribution in [-0.2, 0) is 11.3 Å². The largest absolute Gasteiger partial charge is 0.381 e. The van der Waals surface area contributed by atoms with Crippen LogP contribution >= 0.6 is 15.9 Å². The van der Waals surface area contributed by atoms with E-state index in [0.717, 1.165) is 48.0 Å². The number of hydrogen-bond donors (Lipinski definition) is 2. The Labute approximate surface area is 151 Å². The van der Waals surface area contributed by atoms with Gasteiger partial charge in [0, 0.05) is 43.7 Å². The predicted octanol–water partition coefficient (Wildman–Crippen LogP) is 2.82. The van der Waals surface area contributed by atoms with Crippen molar-refractivity contribution in [1.82, 2.24) is 20.0 Å². The van der Waals surface area contributed by atoms with Gasteiger partial charge < -0.3 is 19.8 Å². The highest BCUT2D eigenvalue weighted by Crippen LogP contribution is 2.12. The second kappa shape index (κ2) is 9.64. The zero-order valence-electron chi connectivity index (χ0n) is 14.6. The molecular weight excluding hydrogens is 370 g/mol. The lowest BCUT2D eigenvalue weighted by atomic mass is 10.2. The molecule has 7 heteroatoms. The number of fused-ring (bicyclic) bond motifs is 1. The van der Waals surface area contributed by atoms with Gasteiger partial charge in [-0.25, -0.2) is 4.98 Å². The Balaban J connectivity index is 1.72. The van der Waals surface area contributed by atoms with Gasteiger partial charge in [-0.2, -0.15) is 0 Å². The first-order valence-electron chi connectivity index (χ1n) is 8.24. The van der Waals surface area contributed by atoms with Crippen molar-refractivity contribution in [1.29, 1.82) is 0 Å². The summed E-state index contributed by atoms with van der Waals surface area (Å²) in [7, 11) is 1.77. The molecule has 6 nitrogen and oxygen atoms in total. The van der Waals surface area contributed by atoms with Gasteiger partial charge in [-0.1, -0.05) is 13.8 Å². The molecule has 0 fully saturated rings. The van der Waals surface area contributed by atoms with Crippen LogP contribution in [0.4, 0.5) is 0 Å². The number of pyridine rings is 1. The van der Waals surface area contributed by atoms with E-state index < -0.39 is 0 Å². The quantitative estimate of drug-likeness (QED) is 0.409. The lowest BCUT2D eigenvalue weighted by molar-refractivity contribution is 0.108. The smallest absolute Gasteiger partial charge is 0.191 e. The molecule has 0 saturated carbocycles. The molecule has 0 saturated heterocycles. The number of hydrogen-bond acceptors (Lipinski definition) is 3. The summed E-state index contributed by atoms with van der Waals surface area (Å²) in [6, 6.07) is 3.97. The maximum Gasteiger partial charge on any atom is 0.191 e.